The number of hydrogen-bond acceptors (Lipinski definition) is 4. The van der Waals surface area contributed by atoms with Crippen LogP contribution in [-0.2, 0) is 0 Å². The number of fused-ring (bicyclic) bond motifs is 1. The maximum Gasteiger partial charge on any atom is 0.254 e. The van der Waals surface area contributed by atoms with Gasteiger partial charge < -0.3 is 20.1 Å². The molecule has 0 saturated carbocycles. The average Bonchev–Trinajstić information content (AvgIpc) is 2.84. The van der Waals surface area contributed by atoms with Crippen LogP contribution in [0.3, 0.4) is 0 Å². The van der Waals surface area contributed by atoms with E-state index in [-0.39, 0.29) is 24.4 Å². The highest BCUT2D eigenvalue weighted by molar-refractivity contribution is 5.95. The van der Waals surface area contributed by atoms with E-state index in [4.69, 9.17) is 15.2 Å². The van der Waals surface area contributed by atoms with Crippen LogP contribution in [0.25, 0.3) is 0 Å². The van der Waals surface area contributed by atoms with Crippen LogP contribution in [0, 0.1) is 0 Å². The SMILES string of the molecule is Cl.N[C@@H]1CCN(C(=O)c2ccc3c(c2)OCCO3)C1. The van der Waals surface area contributed by atoms with Crippen molar-refractivity contribution in [2.75, 3.05) is 26.3 Å². The molecule has 2 heterocycles. The van der Waals surface area contributed by atoms with Gasteiger partial charge in [0.1, 0.15) is 13.2 Å². The van der Waals surface area contributed by atoms with Gasteiger partial charge in [-0.2, -0.15) is 0 Å². The Balaban J connectivity index is 0.00000133. The molecule has 0 bridgehead atoms. The van der Waals surface area contributed by atoms with E-state index in [1.165, 1.54) is 0 Å². The summed E-state index contributed by atoms with van der Waals surface area (Å²) in [6, 6.07) is 5.42. The number of nitrogens with two attached hydrogens (primary N) is 1. The van der Waals surface area contributed by atoms with Gasteiger partial charge in [0, 0.05) is 24.7 Å². The zero-order valence-corrected chi connectivity index (χ0v) is 11.3. The van der Waals surface area contributed by atoms with E-state index < -0.39 is 0 Å². The van der Waals surface area contributed by atoms with Crippen molar-refractivity contribution in [3.63, 3.8) is 0 Å². The molecule has 1 aromatic carbocycles. The zero-order chi connectivity index (χ0) is 12.5. The number of likely N-dealkylation sites (tertiary alicyclic amines) is 1. The van der Waals surface area contributed by atoms with Gasteiger partial charge in [-0.3, -0.25) is 4.79 Å². The predicted octanol–water partition coefficient (Wildman–Crippen LogP) is 1.05. The number of hydrogen-bond donors (Lipinski definition) is 1. The predicted molar refractivity (Wildman–Crippen MR) is 73.2 cm³/mol. The van der Waals surface area contributed by atoms with Crippen LogP contribution >= 0.6 is 12.4 Å². The van der Waals surface area contributed by atoms with Crippen molar-refractivity contribution in [1.29, 1.82) is 0 Å². The normalized spacial score (nSPS) is 20.9. The molecule has 104 valence electrons. The lowest BCUT2D eigenvalue weighted by Gasteiger charge is -2.20. The zero-order valence-electron chi connectivity index (χ0n) is 10.5. The largest absolute Gasteiger partial charge is 0.486 e. The van der Waals surface area contributed by atoms with E-state index in [0.717, 1.165) is 13.0 Å². The molecule has 0 aromatic heterocycles. The Labute approximate surface area is 118 Å². The maximum absolute atomic E-state index is 12.3. The lowest BCUT2D eigenvalue weighted by molar-refractivity contribution is 0.0789. The number of rotatable bonds is 1. The molecular weight excluding hydrogens is 268 g/mol. The van der Waals surface area contributed by atoms with Gasteiger partial charge in [0.05, 0.1) is 0 Å². The topological polar surface area (TPSA) is 64.8 Å². The van der Waals surface area contributed by atoms with Gasteiger partial charge in [0.15, 0.2) is 11.5 Å². The molecule has 0 unspecified atom stereocenters. The summed E-state index contributed by atoms with van der Waals surface area (Å²) in [6.45, 7) is 2.45. The summed E-state index contributed by atoms with van der Waals surface area (Å²) in [5.41, 5.74) is 6.45. The molecule has 1 atom stereocenters. The number of carbonyl (C=O) groups excluding carboxylic acids is 1. The van der Waals surface area contributed by atoms with Gasteiger partial charge in [-0.25, -0.2) is 0 Å². The van der Waals surface area contributed by atoms with Crippen LogP contribution in [0.4, 0.5) is 0 Å². The highest BCUT2D eigenvalue weighted by Crippen LogP contribution is 2.31. The van der Waals surface area contributed by atoms with E-state index in [0.29, 0.717) is 36.8 Å². The Morgan fingerprint density at radius 2 is 2.00 bits per heavy atom. The van der Waals surface area contributed by atoms with Crippen LogP contribution in [0.1, 0.15) is 16.8 Å². The Morgan fingerprint density at radius 1 is 1.26 bits per heavy atom. The third kappa shape index (κ3) is 2.77. The second-order valence-electron chi connectivity index (χ2n) is 4.66. The van der Waals surface area contributed by atoms with Gasteiger partial charge in [-0.05, 0) is 24.6 Å². The van der Waals surface area contributed by atoms with Crippen molar-refractivity contribution in [3.8, 4) is 11.5 Å². The van der Waals surface area contributed by atoms with Crippen molar-refractivity contribution in [2.45, 2.75) is 12.5 Å². The third-order valence-corrected chi connectivity index (χ3v) is 3.30. The van der Waals surface area contributed by atoms with Gasteiger partial charge in [0.25, 0.3) is 5.91 Å². The number of amides is 1. The van der Waals surface area contributed by atoms with E-state index in [1.807, 2.05) is 0 Å². The quantitative estimate of drug-likeness (QED) is 0.837. The van der Waals surface area contributed by atoms with Crippen LogP contribution in [0.15, 0.2) is 18.2 Å². The fourth-order valence-corrected chi connectivity index (χ4v) is 2.33. The highest BCUT2D eigenvalue weighted by atomic mass is 35.5. The smallest absolute Gasteiger partial charge is 0.254 e. The minimum absolute atomic E-state index is 0. The summed E-state index contributed by atoms with van der Waals surface area (Å²) >= 11 is 0. The lowest BCUT2D eigenvalue weighted by Crippen LogP contribution is -2.32. The summed E-state index contributed by atoms with van der Waals surface area (Å²) in [7, 11) is 0. The van der Waals surface area contributed by atoms with Gasteiger partial charge in [0.2, 0.25) is 0 Å². The Bertz CT molecular complexity index is 481. The van der Waals surface area contributed by atoms with Gasteiger partial charge >= 0.3 is 0 Å². The standard InChI is InChI=1S/C13H16N2O3.ClH/c14-10-3-4-15(8-10)13(16)9-1-2-11-12(7-9)18-6-5-17-11;/h1-2,7,10H,3-6,8,14H2;1H/t10-;/m1./s1. The first-order valence-corrected chi connectivity index (χ1v) is 6.18. The van der Waals surface area contributed by atoms with Crippen molar-refractivity contribution < 1.29 is 14.3 Å². The molecule has 1 fully saturated rings. The Kier molecular flexibility index (Phi) is 4.17. The molecule has 5 nitrogen and oxygen atoms in total. The molecule has 0 aliphatic carbocycles. The molecule has 6 heteroatoms. The molecule has 0 radical (unpaired) electrons. The number of halogens is 1. The molecule has 2 aliphatic heterocycles. The molecule has 2 N–H and O–H groups in total. The van der Waals surface area contributed by atoms with Crippen LogP contribution in [-0.4, -0.2) is 43.2 Å². The second kappa shape index (κ2) is 5.67. The van der Waals surface area contributed by atoms with Crippen LogP contribution in [0.2, 0.25) is 0 Å². The van der Waals surface area contributed by atoms with Crippen molar-refractivity contribution in [3.05, 3.63) is 23.8 Å². The van der Waals surface area contributed by atoms with E-state index in [2.05, 4.69) is 0 Å². The summed E-state index contributed by atoms with van der Waals surface area (Å²) in [5, 5.41) is 0. The molecular formula is C13H17ClN2O3. The first-order valence-electron chi connectivity index (χ1n) is 6.18. The number of ether oxygens (including phenoxy) is 2. The first kappa shape index (κ1) is 14.0. The third-order valence-electron chi connectivity index (χ3n) is 3.30. The van der Waals surface area contributed by atoms with Crippen LogP contribution in [0.5, 0.6) is 11.5 Å². The summed E-state index contributed by atoms with van der Waals surface area (Å²) in [5.74, 6) is 1.37. The number of carbonyl (C=O) groups is 1. The molecule has 19 heavy (non-hydrogen) atoms. The fourth-order valence-electron chi connectivity index (χ4n) is 2.33. The van der Waals surface area contributed by atoms with Crippen molar-refractivity contribution in [1.82, 2.24) is 4.90 Å². The minimum Gasteiger partial charge on any atom is -0.486 e. The van der Waals surface area contributed by atoms with Gasteiger partial charge in [-0.1, -0.05) is 0 Å². The van der Waals surface area contributed by atoms with E-state index in [9.17, 15) is 4.79 Å². The molecule has 0 spiro atoms. The second-order valence-corrected chi connectivity index (χ2v) is 4.66. The Morgan fingerprint density at radius 3 is 2.68 bits per heavy atom. The van der Waals surface area contributed by atoms with E-state index >= 15 is 0 Å². The molecule has 3 rings (SSSR count). The molecule has 1 saturated heterocycles. The number of nitrogens with zero attached hydrogens (tertiary/aromatic N) is 1. The monoisotopic (exact) mass is 284 g/mol. The molecule has 1 amide bonds. The maximum atomic E-state index is 12.3. The van der Waals surface area contributed by atoms with Crippen molar-refractivity contribution >= 4 is 18.3 Å². The number of benzene rings is 1. The summed E-state index contributed by atoms with van der Waals surface area (Å²) in [6.07, 6.45) is 0.871. The average molecular weight is 285 g/mol. The fraction of sp³-hybridized carbons (Fsp3) is 0.462. The lowest BCUT2D eigenvalue weighted by atomic mass is 10.1. The Hall–Kier alpha value is -1.46. The van der Waals surface area contributed by atoms with Crippen LogP contribution < -0.4 is 15.2 Å². The highest BCUT2D eigenvalue weighted by Gasteiger charge is 2.25. The van der Waals surface area contributed by atoms with Crippen molar-refractivity contribution in [2.24, 2.45) is 5.73 Å². The molecule has 2 aliphatic rings. The van der Waals surface area contributed by atoms with E-state index in [1.54, 1.807) is 23.1 Å². The minimum atomic E-state index is 0. The molecule has 1 aromatic rings. The van der Waals surface area contributed by atoms with Gasteiger partial charge in [-0.15, -0.1) is 12.4 Å². The summed E-state index contributed by atoms with van der Waals surface area (Å²) in [4.78, 5) is 14.0. The summed E-state index contributed by atoms with van der Waals surface area (Å²) < 4.78 is 10.9. The first-order chi connectivity index (χ1) is 8.74.